The van der Waals surface area contributed by atoms with E-state index in [0.717, 1.165) is 36.0 Å². The van der Waals surface area contributed by atoms with Gasteiger partial charge in [0.2, 0.25) is 0 Å². The minimum Gasteiger partial charge on any atom is -0.492 e. The van der Waals surface area contributed by atoms with Crippen molar-refractivity contribution in [3.63, 3.8) is 0 Å². The summed E-state index contributed by atoms with van der Waals surface area (Å²) in [6.45, 7) is 2.73. The van der Waals surface area contributed by atoms with E-state index in [2.05, 4.69) is 45.7 Å². The van der Waals surface area contributed by atoms with Crippen molar-refractivity contribution in [2.24, 2.45) is 0 Å². The maximum Gasteiger partial charge on any atom is 0.190 e. The second-order valence-electron chi connectivity index (χ2n) is 8.63. The number of aliphatic hydroxyl groups is 1. The van der Waals surface area contributed by atoms with Crippen LogP contribution in [-0.4, -0.2) is 28.7 Å². The maximum absolute atomic E-state index is 15.3. The molecule has 4 N–H and O–H groups in total. The van der Waals surface area contributed by atoms with E-state index >= 15 is 4.39 Å². The molecule has 1 aliphatic rings. The Morgan fingerprint density at radius 1 is 1.18 bits per heavy atom. The number of hydrogen-bond donors (Lipinski definition) is 4. The molecule has 2 heterocycles. The highest BCUT2D eigenvalue weighted by Gasteiger charge is 2.25. The first-order valence-corrected chi connectivity index (χ1v) is 11.7. The third kappa shape index (κ3) is 4.07. The molecule has 2 aromatic heterocycles. The van der Waals surface area contributed by atoms with E-state index in [1.54, 1.807) is 18.3 Å². The van der Waals surface area contributed by atoms with Gasteiger partial charge in [-0.2, -0.15) is 0 Å². The van der Waals surface area contributed by atoms with Crippen LogP contribution in [0, 0.1) is 5.82 Å². The lowest BCUT2D eigenvalue weighted by molar-refractivity contribution is 0.176. The zero-order chi connectivity index (χ0) is 23.7. The molecule has 0 amide bonds. The van der Waals surface area contributed by atoms with Gasteiger partial charge in [-0.3, -0.25) is 4.98 Å². The fraction of sp³-hybridized carbons (Fsp3) is 0.296. The van der Waals surface area contributed by atoms with Crippen molar-refractivity contribution in [1.29, 1.82) is 0 Å². The summed E-state index contributed by atoms with van der Waals surface area (Å²) in [5, 5.41) is 17.8. The lowest BCUT2D eigenvalue weighted by Crippen LogP contribution is -2.08. The first kappa shape index (κ1) is 22.2. The molecule has 0 fully saturated rings. The molecule has 0 aliphatic heterocycles. The Hall–Kier alpha value is -3.58. The minimum atomic E-state index is -0.548. The quantitative estimate of drug-likeness (QED) is 0.273. The first-order chi connectivity index (χ1) is 16.6. The summed E-state index contributed by atoms with van der Waals surface area (Å²) in [6.07, 6.45) is 6.27. The van der Waals surface area contributed by atoms with E-state index in [1.165, 1.54) is 23.6 Å². The van der Waals surface area contributed by atoms with Crippen molar-refractivity contribution in [3.8, 4) is 5.75 Å². The lowest BCUT2D eigenvalue weighted by atomic mass is 10.1. The fourth-order valence-electron chi connectivity index (χ4n) is 4.72. The summed E-state index contributed by atoms with van der Waals surface area (Å²) < 4.78 is 20.7. The largest absolute Gasteiger partial charge is 0.492 e. The van der Waals surface area contributed by atoms with E-state index in [4.69, 9.17) is 4.74 Å². The van der Waals surface area contributed by atoms with Crippen molar-refractivity contribution in [2.45, 2.75) is 38.7 Å². The van der Waals surface area contributed by atoms with E-state index in [0.29, 0.717) is 30.0 Å². The normalized spacial score (nSPS) is 14.9. The molecule has 4 aromatic rings. The smallest absolute Gasteiger partial charge is 0.190 e. The Labute approximate surface area is 198 Å². The lowest BCUT2D eigenvalue weighted by Gasteiger charge is -2.17. The van der Waals surface area contributed by atoms with Gasteiger partial charge < -0.3 is 25.5 Å². The number of pyridine rings is 1. The number of aliphatic hydroxyl groups excluding tert-OH is 1. The Morgan fingerprint density at radius 3 is 2.85 bits per heavy atom. The van der Waals surface area contributed by atoms with Gasteiger partial charge in [0.15, 0.2) is 11.6 Å². The van der Waals surface area contributed by atoms with Crippen molar-refractivity contribution >= 4 is 28.0 Å². The maximum atomic E-state index is 15.3. The van der Waals surface area contributed by atoms with E-state index in [1.807, 2.05) is 12.3 Å². The average molecular weight is 461 g/mol. The molecule has 34 heavy (non-hydrogen) atoms. The summed E-state index contributed by atoms with van der Waals surface area (Å²) in [4.78, 5) is 7.63. The van der Waals surface area contributed by atoms with Crippen LogP contribution < -0.4 is 15.4 Å². The van der Waals surface area contributed by atoms with Crippen molar-refractivity contribution in [1.82, 2.24) is 9.97 Å². The van der Waals surface area contributed by atoms with Gasteiger partial charge in [0.05, 0.1) is 30.3 Å². The molecule has 6 nitrogen and oxygen atoms in total. The number of methoxy groups -OCH3 is 1. The number of aromatic nitrogens is 2. The highest BCUT2D eigenvalue weighted by molar-refractivity contribution is 5.84. The van der Waals surface area contributed by atoms with Crippen LogP contribution in [0.3, 0.4) is 0 Å². The molecule has 1 unspecified atom stereocenters. The van der Waals surface area contributed by atoms with E-state index in [-0.39, 0.29) is 5.75 Å². The third-order valence-corrected chi connectivity index (χ3v) is 6.59. The molecule has 0 bridgehead atoms. The number of fused-ring (bicyclic) bond motifs is 2. The van der Waals surface area contributed by atoms with Crippen LogP contribution in [-0.2, 0) is 19.3 Å². The standard InChI is InChI=1S/C27H29FN4O2/c1-3-16-4-5-18-17(15-31-23(18)14-16)10-12-29-21-7-8-22(27(34-2)25(21)28)32-20-11-13-30-26-19(20)6-9-24(26)33/h4-5,7-8,11,13-15,24,29,31,33H,3,6,9-10,12H2,1-2H3,(H,30,32). The topological polar surface area (TPSA) is 82.2 Å². The van der Waals surface area contributed by atoms with Crippen molar-refractivity contribution in [2.75, 3.05) is 24.3 Å². The molecule has 0 saturated carbocycles. The monoisotopic (exact) mass is 460 g/mol. The van der Waals surface area contributed by atoms with Crippen LogP contribution >= 0.6 is 0 Å². The molecule has 2 aromatic carbocycles. The Kier molecular flexibility index (Phi) is 6.11. The van der Waals surface area contributed by atoms with Crippen LogP contribution in [0.15, 0.2) is 48.8 Å². The van der Waals surface area contributed by atoms with Crippen molar-refractivity contribution < 1.29 is 14.2 Å². The molecule has 176 valence electrons. The van der Waals surface area contributed by atoms with Gasteiger partial charge >= 0.3 is 0 Å². The number of halogens is 1. The van der Waals surface area contributed by atoms with Crippen molar-refractivity contribution in [3.05, 3.63) is 77.0 Å². The molecule has 0 radical (unpaired) electrons. The van der Waals surface area contributed by atoms with Gasteiger partial charge in [0, 0.05) is 35.5 Å². The average Bonchev–Trinajstić information content (AvgIpc) is 3.44. The SMILES string of the molecule is CCc1ccc2c(CCNc3ccc(Nc4ccnc5c4CCC5O)c(OC)c3F)c[nH]c2c1. The Bertz CT molecular complexity index is 1330. The number of benzene rings is 2. The predicted molar refractivity (Wildman–Crippen MR) is 134 cm³/mol. The minimum absolute atomic E-state index is 0.147. The molecule has 5 rings (SSSR count). The van der Waals surface area contributed by atoms with E-state index < -0.39 is 11.9 Å². The zero-order valence-electron chi connectivity index (χ0n) is 19.4. The Morgan fingerprint density at radius 2 is 2.03 bits per heavy atom. The molecule has 1 atom stereocenters. The summed E-state index contributed by atoms with van der Waals surface area (Å²) in [5.74, 6) is -0.293. The van der Waals surface area contributed by atoms with Gasteiger partial charge in [-0.15, -0.1) is 0 Å². The number of aryl methyl sites for hydroxylation is 1. The highest BCUT2D eigenvalue weighted by Crippen LogP contribution is 2.39. The van der Waals surface area contributed by atoms with Gasteiger partial charge in [-0.1, -0.05) is 19.1 Å². The first-order valence-electron chi connectivity index (χ1n) is 11.7. The van der Waals surface area contributed by atoms with E-state index in [9.17, 15) is 5.11 Å². The number of H-pyrrole nitrogens is 1. The van der Waals surface area contributed by atoms with Gasteiger partial charge in [0.25, 0.3) is 0 Å². The highest BCUT2D eigenvalue weighted by atomic mass is 19.1. The van der Waals surface area contributed by atoms with Crippen LogP contribution in [0.25, 0.3) is 10.9 Å². The summed E-state index contributed by atoms with van der Waals surface area (Å²) >= 11 is 0. The van der Waals surface area contributed by atoms with Crippen LogP contribution in [0.2, 0.25) is 0 Å². The summed E-state index contributed by atoms with van der Waals surface area (Å²) in [5.41, 5.74) is 7.02. The van der Waals surface area contributed by atoms with Crippen LogP contribution in [0.4, 0.5) is 21.5 Å². The molecule has 0 spiro atoms. The molecular weight excluding hydrogens is 431 g/mol. The van der Waals surface area contributed by atoms with Crippen LogP contribution in [0.1, 0.15) is 41.8 Å². The number of ether oxygens (including phenoxy) is 1. The molecule has 0 saturated heterocycles. The number of nitrogens with zero attached hydrogens (tertiary/aromatic N) is 1. The molecular formula is C27H29FN4O2. The predicted octanol–water partition coefficient (Wildman–Crippen LogP) is 5.65. The summed E-state index contributed by atoms with van der Waals surface area (Å²) in [6, 6.07) is 11.9. The van der Waals surface area contributed by atoms with Gasteiger partial charge in [-0.05, 0) is 66.6 Å². The number of rotatable bonds is 8. The number of anilines is 3. The van der Waals surface area contributed by atoms with Gasteiger partial charge in [0.1, 0.15) is 0 Å². The van der Waals surface area contributed by atoms with Gasteiger partial charge in [-0.25, -0.2) is 4.39 Å². The molecule has 7 heteroatoms. The third-order valence-electron chi connectivity index (χ3n) is 6.59. The Balaban J connectivity index is 1.31. The second-order valence-corrected chi connectivity index (χ2v) is 8.63. The number of aromatic amines is 1. The number of hydrogen-bond acceptors (Lipinski definition) is 5. The second kappa shape index (κ2) is 9.35. The number of nitrogens with one attached hydrogen (secondary N) is 3. The fourth-order valence-corrected chi connectivity index (χ4v) is 4.72. The summed E-state index contributed by atoms with van der Waals surface area (Å²) in [7, 11) is 1.46. The van der Waals surface area contributed by atoms with Crippen LogP contribution in [0.5, 0.6) is 5.75 Å². The zero-order valence-corrected chi connectivity index (χ0v) is 19.4. The molecule has 1 aliphatic carbocycles.